The molecular formula is C15H12N4O3. The summed E-state index contributed by atoms with van der Waals surface area (Å²) >= 11 is 0. The second-order valence-corrected chi connectivity index (χ2v) is 4.65. The van der Waals surface area contributed by atoms with Crippen molar-refractivity contribution in [1.82, 2.24) is 20.2 Å². The first-order chi connectivity index (χ1) is 10.7. The van der Waals surface area contributed by atoms with Crippen LogP contribution < -0.4 is 5.32 Å². The van der Waals surface area contributed by atoms with Crippen LogP contribution in [-0.2, 0) is 0 Å². The standard InChI is InChI=1S/C15H12N4O3/c20-13(10-3-6-16-7-4-10)18-8-9-19-14(21)11-2-1-5-17-12(11)15(19)22/h1-7H,8-9H2,(H,18,20). The lowest BCUT2D eigenvalue weighted by molar-refractivity contribution is 0.0648. The quantitative estimate of drug-likeness (QED) is 0.830. The first-order valence-electron chi connectivity index (χ1n) is 6.68. The second-order valence-electron chi connectivity index (χ2n) is 4.65. The predicted molar refractivity (Wildman–Crippen MR) is 76.2 cm³/mol. The van der Waals surface area contributed by atoms with Crippen molar-refractivity contribution in [2.45, 2.75) is 0 Å². The van der Waals surface area contributed by atoms with Gasteiger partial charge in [-0.3, -0.25) is 29.3 Å². The highest BCUT2D eigenvalue weighted by Gasteiger charge is 2.36. The van der Waals surface area contributed by atoms with Gasteiger partial charge in [-0.15, -0.1) is 0 Å². The monoisotopic (exact) mass is 296 g/mol. The summed E-state index contributed by atoms with van der Waals surface area (Å²) in [4.78, 5) is 44.9. The molecule has 0 atom stereocenters. The third kappa shape index (κ3) is 2.44. The first-order valence-corrected chi connectivity index (χ1v) is 6.68. The highest BCUT2D eigenvalue weighted by Crippen LogP contribution is 2.19. The van der Waals surface area contributed by atoms with Crippen molar-refractivity contribution >= 4 is 17.7 Å². The number of nitrogens with one attached hydrogen (secondary N) is 1. The number of hydrogen-bond donors (Lipinski definition) is 1. The van der Waals surface area contributed by atoms with Gasteiger partial charge in [0.15, 0.2) is 0 Å². The van der Waals surface area contributed by atoms with Crippen molar-refractivity contribution < 1.29 is 14.4 Å². The van der Waals surface area contributed by atoms with Gasteiger partial charge in [-0.25, -0.2) is 0 Å². The molecule has 0 bridgehead atoms. The van der Waals surface area contributed by atoms with Gasteiger partial charge in [-0.05, 0) is 24.3 Å². The van der Waals surface area contributed by atoms with Gasteiger partial charge in [-0.2, -0.15) is 0 Å². The van der Waals surface area contributed by atoms with Gasteiger partial charge in [0.25, 0.3) is 17.7 Å². The summed E-state index contributed by atoms with van der Waals surface area (Å²) in [5.74, 6) is -1.10. The molecule has 7 nitrogen and oxygen atoms in total. The van der Waals surface area contributed by atoms with E-state index >= 15 is 0 Å². The summed E-state index contributed by atoms with van der Waals surface area (Å²) in [5.41, 5.74) is 0.931. The molecule has 0 unspecified atom stereocenters. The molecule has 2 aromatic rings. The number of carbonyl (C=O) groups excluding carboxylic acids is 3. The van der Waals surface area contributed by atoms with Crippen molar-refractivity contribution in [2.24, 2.45) is 0 Å². The molecule has 0 fully saturated rings. The summed E-state index contributed by atoms with van der Waals surface area (Å²) in [7, 11) is 0. The Bertz CT molecular complexity index is 710. The average Bonchev–Trinajstić information content (AvgIpc) is 2.81. The maximum absolute atomic E-state index is 12.1. The number of pyridine rings is 2. The number of hydrogen-bond acceptors (Lipinski definition) is 5. The Kier molecular flexibility index (Phi) is 3.61. The van der Waals surface area contributed by atoms with E-state index < -0.39 is 5.91 Å². The van der Waals surface area contributed by atoms with Gasteiger partial charge in [-0.1, -0.05) is 0 Å². The molecule has 1 N–H and O–H groups in total. The molecule has 2 aromatic heterocycles. The van der Waals surface area contributed by atoms with Gasteiger partial charge in [0.1, 0.15) is 5.69 Å². The fraction of sp³-hybridized carbons (Fsp3) is 0.133. The van der Waals surface area contributed by atoms with Crippen molar-refractivity contribution in [3.8, 4) is 0 Å². The molecule has 0 aromatic carbocycles. The number of imide groups is 1. The van der Waals surface area contributed by atoms with Crippen LogP contribution in [0.15, 0.2) is 42.9 Å². The molecule has 0 aliphatic carbocycles. The van der Waals surface area contributed by atoms with E-state index in [0.29, 0.717) is 11.1 Å². The smallest absolute Gasteiger partial charge is 0.280 e. The molecule has 1 aliphatic rings. The Hall–Kier alpha value is -3.09. The van der Waals surface area contributed by atoms with Crippen LogP contribution in [0.1, 0.15) is 31.2 Å². The fourth-order valence-electron chi connectivity index (χ4n) is 2.20. The SMILES string of the molecule is O=C(NCCN1C(=O)c2cccnc2C1=O)c1ccncc1. The Morgan fingerprint density at radius 2 is 1.86 bits per heavy atom. The molecule has 0 radical (unpaired) electrons. The maximum Gasteiger partial charge on any atom is 0.280 e. The molecular weight excluding hydrogens is 284 g/mol. The second kappa shape index (κ2) is 5.72. The van der Waals surface area contributed by atoms with E-state index in [1.165, 1.54) is 18.6 Å². The van der Waals surface area contributed by atoms with Gasteiger partial charge in [0.2, 0.25) is 0 Å². The fourth-order valence-corrected chi connectivity index (χ4v) is 2.20. The number of aromatic nitrogens is 2. The van der Waals surface area contributed by atoms with E-state index in [9.17, 15) is 14.4 Å². The zero-order chi connectivity index (χ0) is 15.5. The minimum absolute atomic E-state index is 0.102. The van der Waals surface area contributed by atoms with E-state index in [4.69, 9.17) is 0 Å². The van der Waals surface area contributed by atoms with Crippen LogP contribution in [0.4, 0.5) is 0 Å². The van der Waals surface area contributed by atoms with Gasteiger partial charge in [0.05, 0.1) is 5.56 Å². The number of amides is 3. The van der Waals surface area contributed by atoms with Crippen molar-refractivity contribution in [1.29, 1.82) is 0 Å². The van der Waals surface area contributed by atoms with E-state index in [0.717, 1.165) is 4.90 Å². The first kappa shape index (κ1) is 13.9. The number of carbonyl (C=O) groups is 3. The van der Waals surface area contributed by atoms with E-state index in [1.807, 2.05) is 0 Å². The third-order valence-electron chi connectivity index (χ3n) is 3.29. The molecule has 22 heavy (non-hydrogen) atoms. The molecule has 3 amide bonds. The van der Waals surface area contributed by atoms with Gasteiger partial charge >= 0.3 is 0 Å². The Balaban J connectivity index is 1.61. The lowest BCUT2D eigenvalue weighted by atomic mass is 10.2. The van der Waals surface area contributed by atoms with Crippen molar-refractivity contribution in [3.05, 3.63) is 59.7 Å². The molecule has 7 heteroatoms. The zero-order valence-corrected chi connectivity index (χ0v) is 11.5. The number of nitrogens with zero attached hydrogens (tertiary/aromatic N) is 3. The van der Waals surface area contributed by atoms with Gasteiger partial charge < -0.3 is 5.32 Å². The molecule has 0 saturated carbocycles. The van der Waals surface area contributed by atoms with Crippen LogP contribution in [0.5, 0.6) is 0 Å². The molecule has 0 saturated heterocycles. The summed E-state index contributed by atoms with van der Waals surface area (Å²) in [6, 6.07) is 6.35. The Morgan fingerprint density at radius 3 is 2.59 bits per heavy atom. The molecule has 1 aliphatic heterocycles. The van der Waals surface area contributed by atoms with Crippen LogP contribution in [0.25, 0.3) is 0 Å². The van der Waals surface area contributed by atoms with Crippen molar-refractivity contribution in [2.75, 3.05) is 13.1 Å². The summed E-state index contributed by atoms with van der Waals surface area (Å²) in [6.07, 6.45) is 4.51. The minimum atomic E-state index is -0.432. The molecule has 0 spiro atoms. The van der Waals surface area contributed by atoms with Crippen LogP contribution in [-0.4, -0.2) is 45.7 Å². The molecule has 3 heterocycles. The highest BCUT2D eigenvalue weighted by molar-refractivity contribution is 6.20. The van der Waals surface area contributed by atoms with E-state index in [2.05, 4.69) is 15.3 Å². The average molecular weight is 296 g/mol. The maximum atomic E-state index is 12.1. The summed E-state index contributed by atoms with van der Waals surface area (Å²) in [5, 5.41) is 2.66. The minimum Gasteiger partial charge on any atom is -0.350 e. The normalized spacial score (nSPS) is 13.2. The largest absolute Gasteiger partial charge is 0.350 e. The van der Waals surface area contributed by atoms with Crippen LogP contribution in [0.2, 0.25) is 0 Å². The lowest BCUT2D eigenvalue weighted by Crippen LogP contribution is -2.38. The molecule has 3 rings (SSSR count). The van der Waals surface area contributed by atoms with Crippen LogP contribution in [0, 0.1) is 0 Å². The lowest BCUT2D eigenvalue weighted by Gasteiger charge is -2.13. The van der Waals surface area contributed by atoms with Crippen molar-refractivity contribution in [3.63, 3.8) is 0 Å². The number of rotatable bonds is 4. The van der Waals surface area contributed by atoms with Gasteiger partial charge in [0, 0.05) is 37.2 Å². The zero-order valence-electron chi connectivity index (χ0n) is 11.5. The Labute approximate surface area is 126 Å². The van der Waals surface area contributed by atoms with E-state index in [1.54, 1.807) is 24.3 Å². The highest BCUT2D eigenvalue weighted by atomic mass is 16.2. The predicted octanol–water partition coefficient (Wildman–Crippen LogP) is 0.503. The third-order valence-corrected chi connectivity index (χ3v) is 3.29. The topological polar surface area (TPSA) is 92.3 Å². The van der Waals surface area contributed by atoms with Crippen LogP contribution >= 0.6 is 0 Å². The Morgan fingerprint density at radius 1 is 1.09 bits per heavy atom. The summed E-state index contributed by atoms with van der Waals surface area (Å²) in [6.45, 7) is 0.275. The number of fused-ring (bicyclic) bond motifs is 1. The van der Waals surface area contributed by atoms with E-state index in [-0.39, 0.29) is 30.6 Å². The van der Waals surface area contributed by atoms with Crippen LogP contribution in [0.3, 0.4) is 0 Å². The molecule has 110 valence electrons. The summed E-state index contributed by atoms with van der Waals surface area (Å²) < 4.78 is 0.